The molecule has 2 heterocycles. The lowest BCUT2D eigenvalue weighted by molar-refractivity contribution is 1.00. The Hall–Kier alpha value is -1.38. The van der Waals surface area contributed by atoms with Crippen molar-refractivity contribution in [3.63, 3.8) is 0 Å². The molecule has 1 aromatic rings. The third-order valence-electron chi connectivity index (χ3n) is 2.02. The van der Waals surface area contributed by atoms with Crippen LogP contribution in [-0.4, -0.2) is 11.2 Å². The van der Waals surface area contributed by atoms with Gasteiger partial charge < -0.3 is 11.2 Å². The van der Waals surface area contributed by atoms with Crippen molar-refractivity contribution < 1.29 is 0 Å². The van der Waals surface area contributed by atoms with Crippen molar-refractivity contribution in [3.05, 3.63) is 23.9 Å². The number of nitrogens with one attached hydrogen (secondary N) is 1. The summed E-state index contributed by atoms with van der Waals surface area (Å²) in [6.45, 7) is 2.97. The van der Waals surface area contributed by atoms with Gasteiger partial charge in [0, 0.05) is 18.3 Å². The standard InChI is InChI=1S/C8H11N3/c1-6-2-4-10-8-7(6)3-5-11(8)9/h2-3,5,10H,4,9H2,1H3. The highest BCUT2D eigenvalue weighted by atomic mass is 15.3. The Kier molecular flexibility index (Phi) is 1.18. The number of anilines is 1. The molecule has 1 aliphatic heterocycles. The summed E-state index contributed by atoms with van der Waals surface area (Å²) in [5, 5.41) is 3.20. The van der Waals surface area contributed by atoms with E-state index >= 15 is 0 Å². The molecule has 3 nitrogen and oxygen atoms in total. The molecule has 11 heavy (non-hydrogen) atoms. The van der Waals surface area contributed by atoms with Crippen LogP contribution < -0.4 is 11.2 Å². The van der Waals surface area contributed by atoms with Crippen molar-refractivity contribution in [1.29, 1.82) is 0 Å². The van der Waals surface area contributed by atoms with Crippen LogP contribution in [0.15, 0.2) is 18.3 Å². The average Bonchev–Trinajstić information content (AvgIpc) is 2.35. The first-order valence-corrected chi connectivity index (χ1v) is 3.66. The molecule has 0 aromatic carbocycles. The van der Waals surface area contributed by atoms with Gasteiger partial charge in [0.15, 0.2) is 0 Å². The Morgan fingerprint density at radius 2 is 2.45 bits per heavy atom. The van der Waals surface area contributed by atoms with Crippen molar-refractivity contribution in [1.82, 2.24) is 4.68 Å². The Balaban J connectivity index is 2.58. The zero-order chi connectivity index (χ0) is 7.84. The number of nitrogen functional groups attached to an aromatic ring is 1. The Labute approximate surface area is 65.5 Å². The summed E-state index contributed by atoms with van der Waals surface area (Å²) in [5.41, 5.74) is 2.50. The number of hydrogen-bond acceptors (Lipinski definition) is 2. The summed E-state index contributed by atoms with van der Waals surface area (Å²) >= 11 is 0. The van der Waals surface area contributed by atoms with Gasteiger partial charge in [0.1, 0.15) is 5.82 Å². The molecule has 1 aromatic heterocycles. The SMILES string of the molecule is CC1=CCNc2c1ccn2N. The van der Waals surface area contributed by atoms with Crippen LogP contribution in [0.5, 0.6) is 0 Å². The molecule has 0 radical (unpaired) electrons. The second-order valence-electron chi connectivity index (χ2n) is 2.75. The van der Waals surface area contributed by atoms with Crippen molar-refractivity contribution in [2.24, 2.45) is 0 Å². The molecular weight excluding hydrogens is 138 g/mol. The topological polar surface area (TPSA) is 43.0 Å². The highest BCUT2D eigenvalue weighted by molar-refractivity contribution is 5.76. The predicted octanol–water partition coefficient (Wildman–Crippen LogP) is 1.03. The van der Waals surface area contributed by atoms with Gasteiger partial charge in [-0.1, -0.05) is 6.08 Å². The fourth-order valence-electron chi connectivity index (χ4n) is 1.36. The van der Waals surface area contributed by atoms with Gasteiger partial charge in [-0.2, -0.15) is 0 Å². The molecular formula is C8H11N3. The minimum Gasteiger partial charge on any atom is -0.366 e. The minimum atomic E-state index is 0.875. The largest absolute Gasteiger partial charge is 0.366 e. The van der Waals surface area contributed by atoms with Gasteiger partial charge in [-0.15, -0.1) is 0 Å². The van der Waals surface area contributed by atoms with Gasteiger partial charge in [0.2, 0.25) is 0 Å². The fraction of sp³-hybridized carbons (Fsp3) is 0.250. The van der Waals surface area contributed by atoms with E-state index in [1.54, 1.807) is 4.68 Å². The van der Waals surface area contributed by atoms with E-state index in [4.69, 9.17) is 5.84 Å². The van der Waals surface area contributed by atoms with Crippen LogP contribution in [-0.2, 0) is 0 Å². The first kappa shape index (κ1) is 6.34. The molecule has 3 heteroatoms. The molecule has 3 N–H and O–H groups in total. The third kappa shape index (κ3) is 0.808. The second kappa shape index (κ2) is 2.05. The molecule has 0 fully saturated rings. The third-order valence-corrected chi connectivity index (χ3v) is 2.02. The van der Waals surface area contributed by atoms with E-state index < -0.39 is 0 Å². The van der Waals surface area contributed by atoms with E-state index in [2.05, 4.69) is 18.3 Å². The number of fused-ring (bicyclic) bond motifs is 1. The lowest BCUT2D eigenvalue weighted by atomic mass is 10.1. The number of allylic oxidation sites excluding steroid dienone is 1. The minimum absolute atomic E-state index is 0.875. The highest BCUT2D eigenvalue weighted by Gasteiger charge is 2.11. The Morgan fingerprint density at radius 1 is 1.64 bits per heavy atom. The molecule has 0 spiro atoms. The zero-order valence-electron chi connectivity index (χ0n) is 6.46. The number of hydrogen-bond donors (Lipinski definition) is 2. The normalized spacial score (nSPS) is 15.2. The molecule has 0 aliphatic carbocycles. The maximum Gasteiger partial charge on any atom is 0.132 e. The van der Waals surface area contributed by atoms with Crippen LogP contribution >= 0.6 is 0 Å². The van der Waals surface area contributed by atoms with Crippen molar-refractivity contribution in [2.45, 2.75) is 6.92 Å². The average molecular weight is 149 g/mol. The monoisotopic (exact) mass is 149 g/mol. The van der Waals surface area contributed by atoms with E-state index in [0.29, 0.717) is 0 Å². The summed E-state index contributed by atoms with van der Waals surface area (Å²) < 4.78 is 1.62. The summed E-state index contributed by atoms with van der Waals surface area (Å²) in [4.78, 5) is 0. The Morgan fingerprint density at radius 3 is 3.18 bits per heavy atom. The Bertz CT molecular complexity index is 309. The van der Waals surface area contributed by atoms with E-state index in [-0.39, 0.29) is 0 Å². The van der Waals surface area contributed by atoms with Crippen LogP contribution in [0.4, 0.5) is 5.82 Å². The van der Waals surface area contributed by atoms with E-state index in [9.17, 15) is 0 Å². The molecule has 1 aliphatic rings. The number of rotatable bonds is 0. The molecule has 0 atom stereocenters. The van der Waals surface area contributed by atoms with Crippen LogP contribution in [0.2, 0.25) is 0 Å². The number of nitrogens with two attached hydrogens (primary N) is 1. The summed E-state index contributed by atoms with van der Waals surface area (Å²) in [6, 6.07) is 2.02. The van der Waals surface area contributed by atoms with Crippen LogP contribution in [0.1, 0.15) is 12.5 Å². The molecule has 0 amide bonds. The zero-order valence-corrected chi connectivity index (χ0v) is 6.46. The molecule has 0 saturated heterocycles. The van der Waals surface area contributed by atoms with E-state index in [0.717, 1.165) is 12.4 Å². The van der Waals surface area contributed by atoms with Crippen molar-refractivity contribution in [2.75, 3.05) is 17.7 Å². The van der Waals surface area contributed by atoms with E-state index in [1.807, 2.05) is 12.3 Å². The first-order valence-electron chi connectivity index (χ1n) is 3.66. The maximum atomic E-state index is 5.65. The lowest BCUT2D eigenvalue weighted by Gasteiger charge is -2.14. The van der Waals surface area contributed by atoms with Crippen molar-refractivity contribution in [3.8, 4) is 0 Å². The van der Waals surface area contributed by atoms with Gasteiger partial charge in [0.25, 0.3) is 0 Å². The smallest absolute Gasteiger partial charge is 0.132 e. The predicted molar refractivity (Wildman–Crippen MR) is 46.7 cm³/mol. The maximum absolute atomic E-state index is 5.65. The molecule has 2 rings (SSSR count). The lowest BCUT2D eigenvalue weighted by Crippen LogP contribution is -2.15. The van der Waals surface area contributed by atoms with Gasteiger partial charge in [-0.05, 0) is 18.6 Å². The summed E-state index contributed by atoms with van der Waals surface area (Å²) in [6.07, 6.45) is 4.02. The van der Waals surface area contributed by atoms with Crippen LogP contribution in [0.3, 0.4) is 0 Å². The highest BCUT2D eigenvalue weighted by Crippen LogP contribution is 2.26. The molecule has 0 unspecified atom stereocenters. The van der Waals surface area contributed by atoms with Gasteiger partial charge in [0.05, 0.1) is 0 Å². The van der Waals surface area contributed by atoms with Gasteiger partial charge >= 0.3 is 0 Å². The van der Waals surface area contributed by atoms with E-state index in [1.165, 1.54) is 11.1 Å². The van der Waals surface area contributed by atoms with Crippen molar-refractivity contribution >= 4 is 11.4 Å². The van der Waals surface area contributed by atoms with Gasteiger partial charge in [-0.3, -0.25) is 4.68 Å². The summed E-state index contributed by atoms with van der Waals surface area (Å²) in [5.74, 6) is 6.67. The fourth-order valence-corrected chi connectivity index (χ4v) is 1.36. The number of aromatic nitrogens is 1. The second-order valence-corrected chi connectivity index (χ2v) is 2.75. The molecule has 58 valence electrons. The van der Waals surface area contributed by atoms with Crippen LogP contribution in [0.25, 0.3) is 5.57 Å². The van der Waals surface area contributed by atoms with Crippen LogP contribution in [0, 0.1) is 0 Å². The quantitative estimate of drug-likeness (QED) is 0.541. The molecule has 0 saturated carbocycles. The van der Waals surface area contributed by atoms with Gasteiger partial charge in [-0.25, -0.2) is 0 Å². The number of nitrogens with zero attached hydrogens (tertiary/aromatic N) is 1. The summed E-state index contributed by atoms with van der Waals surface area (Å²) in [7, 11) is 0. The molecule has 0 bridgehead atoms. The first-order chi connectivity index (χ1) is 5.29.